The second-order valence-corrected chi connectivity index (χ2v) is 7.85. The van der Waals surface area contributed by atoms with Crippen molar-refractivity contribution in [3.8, 4) is 5.75 Å². The van der Waals surface area contributed by atoms with E-state index in [1.807, 2.05) is 31.2 Å². The summed E-state index contributed by atoms with van der Waals surface area (Å²) in [5.74, 6) is 0.907. The summed E-state index contributed by atoms with van der Waals surface area (Å²) in [6, 6.07) is 14.5. The lowest BCUT2D eigenvalue weighted by Gasteiger charge is -2.40. The summed E-state index contributed by atoms with van der Waals surface area (Å²) in [5.41, 5.74) is 3.79. The maximum absolute atomic E-state index is 12.4. The number of carbonyl (C=O) groups is 1. The molecular weight excluding hydrogens is 336 g/mol. The summed E-state index contributed by atoms with van der Waals surface area (Å²) in [5, 5.41) is 3.27. The molecule has 1 N–H and O–H groups in total. The third kappa shape index (κ3) is 2.54. The second-order valence-electron chi connectivity index (χ2n) is 7.85. The second kappa shape index (κ2) is 6.15. The molecule has 0 saturated carbocycles. The number of nitrogens with one attached hydrogen (secondary N) is 1. The zero-order chi connectivity index (χ0) is 19.2. The Balaban J connectivity index is 1.82. The number of fused-ring (bicyclic) bond motifs is 3. The van der Waals surface area contributed by atoms with Crippen molar-refractivity contribution in [2.45, 2.75) is 38.8 Å². The number of benzene rings is 2. The van der Waals surface area contributed by atoms with Gasteiger partial charge in [0.15, 0.2) is 0 Å². The van der Waals surface area contributed by atoms with E-state index in [0.29, 0.717) is 13.2 Å². The molecule has 2 heterocycles. The monoisotopic (exact) mass is 362 g/mol. The molecule has 0 aromatic heterocycles. The lowest BCUT2D eigenvalue weighted by molar-refractivity contribution is -0.118. The topological polar surface area (TPSA) is 41.6 Å². The molecule has 1 amide bonds. The summed E-state index contributed by atoms with van der Waals surface area (Å²) in [7, 11) is 0. The molecule has 4 rings (SSSR count). The highest BCUT2D eigenvalue weighted by atomic mass is 16.5. The van der Waals surface area contributed by atoms with Gasteiger partial charge in [0.2, 0.25) is 5.91 Å². The van der Waals surface area contributed by atoms with Crippen molar-refractivity contribution >= 4 is 17.7 Å². The van der Waals surface area contributed by atoms with Crippen molar-refractivity contribution in [2.75, 3.05) is 18.1 Å². The molecule has 2 aromatic rings. The van der Waals surface area contributed by atoms with Crippen LogP contribution in [0.25, 0.3) is 6.08 Å². The molecule has 0 unspecified atom stereocenters. The molecule has 2 aliphatic rings. The van der Waals surface area contributed by atoms with Gasteiger partial charge >= 0.3 is 0 Å². The summed E-state index contributed by atoms with van der Waals surface area (Å²) >= 11 is 0. The molecule has 2 aliphatic heterocycles. The van der Waals surface area contributed by atoms with Crippen LogP contribution >= 0.6 is 0 Å². The highest BCUT2D eigenvalue weighted by molar-refractivity contribution is 5.91. The Labute approximate surface area is 160 Å². The van der Waals surface area contributed by atoms with Gasteiger partial charge in [-0.25, -0.2) is 0 Å². The Morgan fingerprint density at radius 1 is 1.22 bits per heavy atom. The van der Waals surface area contributed by atoms with Gasteiger partial charge < -0.3 is 15.0 Å². The maximum Gasteiger partial charge on any atom is 0.241 e. The zero-order valence-corrected chi connectivity index (χ0v) is 16.4. The van der Waals surface area contributed by atoms with E-state index in [2.05, 4.69) is 61.3 Å². The Morgan fingerprint density at radius 3 is 2.78 bits per heavy atom. The molecule has 0 radical (unpaired) electrons. The van der Waals surface area contributed by atoms with Crippen molar-refractivity contribution in [3.05, 3.63) is 65.2 Å². The minimum atomic E-state index is -0.584. The van der Waals surface area contributed by atoms with Gasteiger partial charge in [0.25, 0.3) is 0 Å². The number of aryl methyl sites for hydroxylation is 1. The molecule has 0 bridgehead atoms. The smallest absolute Gasteiger partial charge is 0.241 e. The number of nitrogens with zero attached hydrogens (tertiary/aromatic N) is 1. The number of rotatable bonds is 4. The number of amides is 1. The first-order valence-electron chi connectivity index (χ1n) is 9.50. The fourth-order valence-electron chi connectivity index (χ4n) is 4.40. The number of para-hydroxylation sites is 1. The zero-order valence-electron chi connectivity index (χ0n) is 16.4. The van der Waals surface area contributed by atoms with Crippen LogP contribution in [-0.2, 0) is 10.2 Å². The Kier molecular flexibility index (Phi) is 4.02. The Morgan fingerprint density at radius 2 is 2.00 bits per heavy atom. The van der Waals surface area contributed by atoms with Gasteiger partial charge in [-0.3, -0.25) is 4.79 Å². The van der Waals surface area contributed by atoms with Crippen LogP contribution in [0.4, 0.5) is 5.69 Å². The fourth-order valence-corrected chi connectivity index (χ4v) is 4.40. The van der Waals surface area contributed by atoms with E-state index in [9.17, 15) is 4.79 Å². The molecule has 0 aliphatic carbocycles. The molecule has 1 atom stereocenters. The van der Waals surface area contributed by atoms with E-state index in [0.717, 1.165) is 17.0 Å². The first-order chi connectivity index (χ1) is 12.9. The summed E-state index contributed by atoms with van der Waals surface area (Å²) in [6.45, 7) is 9.49. The summed E-state index contributed by atoms with van der Waals surface area (Å²) in [6.07, 6.45) is 4.20. The predicted molar refractivity (Wildman–Crippen MR) is 109 cm³/mol. The number of hydrogen-bond acceptors (Lipinski definition) is 3. The average Bonchev–Trinajstić information content (AvgIpc) is 3.06. The van der Waals surface area contributed by atoms with Crippen molar-refractivity contribution in [3.63, 3.8) is 0 Å². The summed E-state index contributed by atoms with van der Waals surface area (Å²) < 4.78 is 5.76. The van der Waals surface area contributed by atoms with Crippen LogP contribution < -0.4 is 15.0 Å². The van der Waals surface area contributed by atoms with E-state index in [1.165, 1.54) is 11.1 Å². The van der Waals surface area contributed by atoms with Crippen LogP contribution in [0, 0.1) is 6.92 Å². The van der Waals surface area contributed by atoms with Gasteiger partial charge in [-0.05, 0) is 37.6 Å². The molecule has 27 heavy (non-hydrogen) atoms. The van der Waals surface area contributed by atoms with Crippen molar-refractivity contribution in [2.24, 2.45) is 0 Å². The van der Waals surface area contributed by atoms with Gasteiger partial charge in [-0.2, -0.15) is 0 Å². The predicted octanol–water partition coefficient (Wildman–Crippen LogP) is 4.03. The Bertz CT molecular complexity index is 932. The Hall–Kier alpha value is -2.75. The summed E-state index contributed by atoms with van der Waals surface area (Å²) in [4.78, 5) is 14.6. The normalized spacial score (nSPS) is 22.7. The van der Waals surface area contributed by atoms with Gasteiger partial charge in [0.05, 0.1) is 13.2 Å². The van der Waals surface area contributed by atoms with Crippen molar-refractivity contribution < 1.29 is 9.53 Å². The highest BCUT2D eigenvalue weighted by Crippen LogP contribution is 2.53. The van der Waals surface area contributed by atoms with E-state index in [1.54, 1.807) is 0 Å². The average molecular weight is 362 g/mol. The molecule has 140 valence electrons. The molecule has 1 saturated heterocycles. The molecule has 4 heteroatoms. The van der Waals surface area contributed by atoms with Gasteiger partial charge in [0.1, 0.15) is 11.4 Å². The first kappa shape index (κ1) is 17.7. The van der Waals surface area contributed by atoms with Crippen LogP contribution in [0.3, 0.4) is 0 Å². The maximum atomic E-state index is 12.4. The SMILES string of the molecule is CCOc1ccccc1/C=C/[C@]12NC(=O)CN1c1ccc(C)cc1C2(C)C. The molecule has 4 nitrogen and oxygen atoms in total. The first-order valence-corrected chi connectivity index (χ1v) is 9.50. The standard InChI is InChI=1S/C23H26N2O2/c1-5-27-20-9-7-6-8-17(20)12-13-23-22(3,4)18-14-16(2)10-11-19(18)25(23)15-21(26)24-23/h6-14H,5,15H2,1-4H3,(H,24,26)/b13-12+/t23-/m0/s1. The van der Waals surface area contributed by atoms with E-state index >= 15 is 0 Å². The van der Waals surface area contributed by atoms with Crippen LogP contribution in [0.5, 0.6) is 5.75 Å². The third-order valence-electron chi connectivity index (χ3n) is 5.85. The number of hydrogen-bond donors (Lipinski definition) is 1. The lowest BCUT2D eigenvalue weighted by Crippen LogP contribution is -2.58. The molecule has 2 aromatic carbocycles. The largest absolute Gasteiger partial charge is 0.493 e. The molecule has 1 fully saturated rings. The van der Waals surface area contributed by atoms with Crippen LogP contribution in [0.2, 0.25) is 0 Å². The number of anilines is 1. The minimum Gasteiger partial charge on any atom is -0.493 e. The fraction of sp³-hybridized carbons (Fsp3) is 0.348. The quantitative estimate of drug-likeness (QED) is 0.893. The van der Waals surface area contributed by atoms with Gasteiger partial charge in [-0.15, -0.1) is 0 Å². The molecule has 0 spiro atoms. The lowest BCUT2D eigenvalue weighted by atomic mass is 9.75. The highest BCUT2D eigenvalue weighted by Gasteiger charge is 2.59. The van der Waals surface area contributed by atoms with E-state index in [4.69, 9.17) is 4.74 Å². The molecular formula is C23H26N2O2. The third-order valence-corrected chi connectivity index (χ3v) is 5.85. The van der Waals surface area contributed by atoms with Crippen LogP contribution in [0.1, 0.15) is 37.5 Å². The minimum absolute atomic E-state index is 0.0528. The van der Waals surface area contributed by atoms with Gasteiger partial charge in [-0.1, -0.05) is 55.8 Å². The van der Waals surface area contributed by atoms with Crippen molar-refractivity contribution in [1.29, 1.82) is 0 Å². The van der Waals surface area contributed by atoms with Crippen LogP contribution in [0.15, 0.2) is 48.5 Å². The van der Waals surface area contributed by atoms with Crippen molar-refractivity contribution in [1.82, 2.24) is 5.32 Å². The van der Waals surface area contributed by atoms with Gasteiger partial charge in [0, 0.05) is 16.7 Å². The van der Waals surface area contributed by atoms with Crippen LogP contribution in [-0.4, -0.2) is 24.7 Å². The number of ether oxygens (including phenoxy) is 1. The number of carbonyl (C=O) groups excluding carboxylic acids is 1. The van der Waals surface area contributed by atoms with E-state index in [-0.39, 0.29) is 11.3 Å². The van der Waals surface area contributed by atoms with E-state index < -0.39 is 5.66 Å².